The fraction of sp³-hybridized carbons (Fsp3) is 0.562. The molecule has 1 heterocycles. The number of nitrogens with zero attached hydrogens (tertiary/aromatic N) is 2. The van der Waals surface area contributed by atoms with Crippen LogP contribution in [0.2, 0.25) is 0 Å². The molecule has 0 atom stereocenters. The summed E-state index contributed by atoms with van der Waals surface area (Å²) in [4.78, 5) is 16.3. The van der Waals surface area contributed by atoms with Crippen molar-refractivity contribution in [3.63, 3.8) is 0 Å². The van der Waals surface area contributed by atoms with Crippen LogP contribution in [0.1, 0.15) is 24.0 Å². The molecule has 2 rings (SSSR count). The molecular weight excluding hydrogens is 250 g/mol. The van der Waals surface area contributed by atoms with Crippen LogP contribution in [0.15, 0.2) is 18.2 Å². The van der Waals surface area contributed by atoms with Crippen molar-refractivity contribution in [3.8, 4) is 0 Å². The number of benzene rings is 1. The number of aryl methyl sites for hydroxylation is 1. The second-order valence-electron chi connectivity index (χ2n) is 5.48. The minimum absolute atomic E-state index is 0.246. The summed E-state index contributed by atoms with van der Waals surface area (Å²) in [7, 11) is 0. The van der Waals surface area contributed by atoms with Gasteiger partial charge in [-0.2, -0.15) is 0 Å². The molecule has 1 aromatic rings. The van der Waals surface area contributed by atoms with Crippen molar-refractivity contribution in [3.05, 3.63) is 29.3 Å². The third-order valence-electron chi connectivity index (χ3n) is 4.14. The molecule has 1 aliphatic rings. The van der Waals surface area contributed by atoms with Gasteiger partial charge in [0.15, 0.2) is 0 Å². The number of hydrogen-bond acceptors (Lipinski definition) is 3. The summed E-state index contributed by atoms with van der Waals surface area (Å²) >= 11 is 0. The second kappa shape index (κ2) is 6.75. The third-order valence-corrected chi connectivity index (χ3v) is 4.14. The lowest BCUT2D eigenvalue weighted by Gasteiger charge is -2.37. The van der Waals surface area contributed by atoms with Crippen molar-refractivity contribution in [1.29, 1.82) is 0 Å². The maximum atomic E-state index is 12.0. The smallest absolute Gasteiger partial charge is 0.222 e. The Bertz CT molecular complexity index is 465. The number of nitrogens with two attached hydrogens (primary N) is 1. The number of hydrogen-bond donors (Lipinski definition) is 1. The van der Waals surface area contributed by atoms with Crippen molar-refractivity contribution in [1.82, 2.24) is 4.90 Å². The monoisotopic (exact) mass is 275 g/mol. The molecule has 0 aromatic heterocycles. The predicted molar refractivity (Wildman–Crippen MR) is 83.0 cm³/mol. The van der Waals surface area contributed by atoms with Crippen LogP contribution >= 0.6 is 0 Å². The van der Waals surface area contributed by atoms with Crippen LogP contribution in [-0.4, -0.2) is 43.5 Å². The summed E-state index contributed by atoms with van der Waals surface area (Å²) in [6.07, 6.45) is 1.37. The zero-order valence-electron chi connectivity index (χ0n) is 12.6. The SMILES string of the molecule is Cc1cccc(N2CCN(C(=O)CCCN)CC2)c1C. The molecule has 1 amide bonds. The van der Waals surface area contributed by atoms with Gasteiger partial charge in [0.2, 0.25) is 5.91 Å². The van der Waals surface area contributed by atoms with Crippen molar-refractivity contribution in [2.45, 2.75) is 26.7 Å². The topological polar surface area (TPSA) is 49.6 Å². The van der Waals surface area contributed by atoms with Crippen molar-refractivity contribution in [2.75, 3.05) is 37.6 Å². The Balaban J connectivity index is 1.94. The van der Waals surface area contributed by atoms with E-state index in [4.69, 9.17) is 5.73 Å². The zero-order valence-corrected chi connectivity index (χ0v) is 12.6. The van der Waals surface area contributed by atoms with Crippen LogP contribution in [0.4, 0.5) is 5.69 Å². The molecular formula is C16H25N3O. The van der Waals surface area contributed by atoms with Gasteiger partial charge in [0.1, 0.15) is 0 Å². The molecule has 110 valence electrons. The average Bonchev–Trinajstić information content (AvgIpc) is 2.48. The Morgan fingerprint density at radius 3 is 2.55 bits per heavy atom. The maximum Gasteiger partial charge on any atom is 0.222 e. The number of carbonyl (C=O) groups excluding carboxylic acids is 1. The lowest BCUT2D eigenvalue weighted by molar-refractivity contribution is -0.131. The van der Waals surface area contributed by atoms with Gasteiger partial charge in [0.25, 0.3) is 0 Å². The molecule has 2 N–H and O–H groups in total. The molecule has 0 aliphatic carbocycles. The van der Waals surface area contributed by atoms with E-state index in [1.165, 1.54) is 16.8 Å². The predicted octanol–water partition coefficient (Wildman–Crippen LogP) is 1.69. The number of rotatable bonds is 4. The molecule has 0 saturated carbocycles. The molecule has 1 fully saturated rings. The first-order valence-electron chi connectivity index (χ1n) is 7.42. The van der Waals surface area contributed by atoms with Gasteiger partial charge in [-0.1, -0.05) is 12.1 Å². The van der Waals surface area contributed by atoms with Crippen molar-refractivity contribution < 1.29 is 4.79 Å². The fourth-order valence-corrected chi connectivity index (χ4v) is 2.69. The molecule has 1 aromatic carbocycles. The Morgan fingerprint density at radius 2 is 1.90 bits per heavy atom. The Labute approximate surface area is 121 Å². The quantitative estimate of drug-likeness (QED) is 0.909. The van der Waals surface area contributed by atoms with E-state index in [2.05, 4.69) is 36.9 Å². The van der Waals surface area contributed by atoms with Crippen LogP contribution < -0.4 is 10.6 Å². The Hall–Kier alpha value is -1.55. The maximum absolute atomic E-state index is 12.0. The minimum atomic E-state index is 0.246. The van der Waals surface area contributed by atoms with Crippen LogP contribution in [0, 0.1) is 13.8 Å². The standard InChI is InChI=1S/C16H25N3O/c1-13-5-3-6-15(14(13)2)18-9-11-19(12-10-18)16(20)7-4-8-17/h3,5-6H,4,7-12,17H2,1-2H3. The minimum Gasteiger partial charge on any atom is -0.368 e. The highest BCUT2D eigenvalue weighted by Gasteiger charge is 2.21. The van der Waals surface area contributed by atoms with Crippen LogP contribution in [0.3, 0.4) is 0 Å². The van der Waals surface area contributed by atoms with Gasteiger partial charge < -0.3 is 15.5 Å². The summed E-state index contributed by atoms with van der Waals surface area (Å²) in [6.45, 7) is 8.37. The van der Waals surface area contributed by atoms with E-state index in [9.17, 15) is 4.79 Å². The largest absolute Gasteiger partial charge is 0.368 e. The van der Waals surface area contributed by atoms with Crippen LogP contribution in [0.5, 0.6) is 0 Å². The first kappa shape index (κ1) is 14.9. The van der Waals surface area contributed by atoms with Gasteiger partial charge in [-0.05, 0) is 44.0 Å². The average molecular weight is 275 g/mol. The van der Waals surface area contributed by atoms with Crippen LogP contribution in [0.25, 0.3) is 0 Å². The Kier molecular flexibility index (Phi) is 5.01. The summed E-state index contributed by atoms with van der Waals surface area (Å²) in [6, 6.07) is 6.43. The van der Waals surface area contributed by atoms with Gasteiger partial charge >= 0.3 is 0 Å². The number of amides is 1. The van der Waals surface area contributed by atoms with E-state index >= 15 is 0 Å². The van der Waals surface area contributed by atoms with Gasteiger partial charge in [0.05, 0.1) is 0 Å². The highest BCUT2D eigenvalue weighted by Crippen LogP contribution is 2.23. The van der Waals surface area contributed by atoms with Gasteiger partial charge in [-0.3, -0.25) is 4.79 Å². The van der Waals surface area contributed by atoms with E-state index < -0.39 is 0 Å². The highest BCUT2D eigenvalue weighted by atomic mass is 16.2. The van der Waals surface area contributed by atoms with E-state index in [1.54, 1.807) is 0 Å². The zero-order chi connectivity index (χ0) is 14.5. The molecule has 20 heavy (non-hydrogen) atoms. The normalized spacial score (nSPS) is 15.6. The van der Waals surface area contributed by atoms with Gasteiger partial charge in [0, 0.05) is 38.3 Å². The fourth-order valence-electron chi connectivity index (χ4n) is 2.69. The van der Waals surface area contributed by atoms with E-state index in [-0.39, 0.29) is 5.91 Å². The molecule has 0 radical (unpaired) electrons. The molecule has 4 nitrogen and oxygen atoms in total. The van der Waals surface area contributed by atoms with Crippen molar-refractivity contribution in [2.24, 2.45) is 5.73 Å². The molecule has 0 bridgehead atoms. The number of piperazine rings is 1. The number of anilines is 1. The van der Waals surface area contributed by atoms with E-state index in [0.29, 0.717) is 13.0 Å². The van der Waals surface area contributed by atoms with E-state index in [1.807, 2.05) is 4.90 Å². The second-order valence-corrected chi connectivity index (χ2v) is 5.48. The van der Waals surface area contributed by atoms with Gasteiger partial charge in [-0.15, -0.1) is 0 Å². The number of carbonyl (C=O) groups is 1. The third kappa shape index (κ3) is 3.31. The molecule has 0 unspecified atom stereocenters. The summed E-state index contributed by atoms with van der Waals surface area (Å²) in [5.41, 5.74) is 9.43. The van der Waals surface area contributed by atoms with Crippen molar-refractivity contribution >= 4 is 11.6 Å². The van der Waals surface area contributed by atoms with E-state index in [0.717, 1.165) is 32.6 Å². The van der Waals surface area contributed by atoms with Gasteiger partial charge in [-0.25, -0.2) is 0 Å². The molecule has 1 aliphatic heterocycles. The first-order chi connectivity index (χ1) is 9.63. The highest BCUT2D eigenvalue weighted by molar-refractivity contribution is 5.76. The van der Waals surface area contributed by atoms with Crippen LogP contribution in [-0.2, 0) is 4.79 Å². The molecule has 0 spiro atoms. The lowest BCUT2D eigenvalue weighted by Crippen LogP contribution is -2.49. The Morgan fingerprint density at radius 1 is 1.20 bits per heavy atom. The first-order valence-corrected chi connectivity index (χ1v) is 7.42. The summed E-state index contributed by atoms with van der Waals surface area (Å²) in [5, 5.41) is 0. The lowest BCUT2D eigenvalue weighted by atomic mass is 10.1. The molecule has 1 saturated heterocycles. The molecule has 4 heteroatoms. The summed E-state index contributed by atoms with van der Waals surface area (Å²) < 4.78 is 0. The summed E-state index contributed by atoms with van der Waals surface area (Å²) in [5.74, 6) is 0.246.